The Bertz CT molecular complexity index is 325. The van der Waals surface area contributed by atoms with E-state index in [1.807, 2.05) is 12.1 Å². The first-order chi connectivity index (χ1) is 8.34. The molecule has 0 spiro atoms. The van der Waals surface area contributed by atoms with Crippen molar-refractivity contribution in [1.82, 2.24) is 10.3 Å². The maximum atomic E-state index is 5.79. The van der Waals surface area contributed by atoms with Crippen molar-refractivity contribution < 1.29 is 4.74 Å². The number of aromatic nitrogens is 1. The van der Waals surface area contributed by atoms with Gasteiger partial charge in [0.2, 0.25) is 0 Å². The summed E-state index contributed by atoms with van der Waals surface area (Å²) in [6.07, 6.45) is 4.46. The van der Waals surface area contributed by atoms with Crippen molar-refractivity contribution in [1.29, 1.82) is 0 Å². The zero-order valence-electron chi connectivity index (χ0n) is 9.79. The smallest absolute Gasteiger partial charge is 0.126 e. The SMILES string of the molecule is Brc1ccc(NCCOC2CCNCC2)nc1. The van der Waals surface area contributed by atoms with Gasteiger partial charge >= 0.3 is 0 Å². The van der Waals surface area contributed by atoms with Crippen molar-refractivity contribution in [3.8, 4) is 0 Å². The van der Waals surface area contributed by atoms with Crippen molar-refractivity contribution in [2.45, 2.75) is 18.9 Å². The molecule has 1 aromatic rings. The van der Waals surface area contributed by atoms with E-state index in [0.717, 1.165) is 49.4 Å². The lowest BCUT2D eigenvalue weighted by Crippen LogP contribution is -2.33. The van der Waals surface area contributed by atoms with Gasteiger partial charge in [0.15, 0.2) is 0 Å². The lowest BCUT2D eigenvalue weighted by Gasteiger charge is -2.22. The Hall–Kier alpha value is -0.650. The van der Waals surface area contributed by atoms with Crippen molar-refractivity contribution in [2.75, 3.05) is 31.6 Å². The molecule has 1 fully saturated rings. The van der Waals surface area contributed by atoms with E-state index in [1.54, 1.807) is 6.20 Å². The Morgan fingerprint density at radius 1 is 1.41 bits per heavy atom. The third kappa shape index (κ3) is 4.61. The molecule has 0 aliphatic carbocycles. The van der Waals surface area contributed by atoms with E-state index in [4.69, 9.17) is 4.74 Å². The molecule has 1 aliphatic rings. The van der Waals surface area contributed by atoms with Gasteiger partial charge in [-0.2, -0.15) is 0 Å². The van der Waals surface area contributed by atoms with Crippen LogP contribution in [0.15, 0.2) is 22.8 Å². The van der Waals surface area contributed by atoms with E-state index in [2.05, 4.69) is 31.5 Å². The summed E-state index contributed by atoms with van der Waals surface area (Å²) in [5, 5.41) is 6.57. The predicted octanol–water partition coefficient (Wildman–Crippen LogP) is 2.02. The van der Waals surface area contributed by atoms with Gasteiger partial charge in [0.1, 0.15) is 5.82 Å². The van der Waals surface area contributed by atoms with Crippen LogP contribution in [0.5, 0.6) is 0 Å². The molecule has 0 amide bonds. The minimum absolute atomic E-state index is 0.427. The van der Waals surface area contributed by atoms with E-state index < -0.39 is 0 Å². The summed E-state index contributed by atoms with van der Waals surface area (Å²) in [6.45, 7) is 3.69. The largest absolute Gasteiger partial charge is 0.376 e. The lowest BCUT2D eigenvalue weighted by molar-refractivity contribution is 0.0394. The third-order valence-corrected chi connectivity index (χ3v) is 3.24. The standard InChI is InChI=1S/C12H18BrN3O/c13-10-1-2-12(16-9-10)15-7-8-17-11-3-5-14-6-4-11/h1-2,9,11,14H,3-8H2,(H,15,16). The van der Waals surface area contributed by atoms with Crippen LogP contribution < -0.4 is 10.6 Å². The highest BCUT2D eigenvalue weighted by Crippen LogP contribution is 2.10. The molecule has 0 unspecified atom stereocenters. The second-order valence-electron chi connectivity index (χ2n) is 4.11. The summed E-state index contributed by atoms with van der Waals surface area (Å²) < 4.78 is 6.78. The maximum Gasteiger partial charge on any atom is 0.126 e. The molecule has 5 heteroatoms. The Morgan fingerprint density at radius 3 is 2.94 bits per heavy atom. The zero-order chi connectivity index (χ0) is 11.9. The first kappa shape index (κ1) is 12.8. The van der Waals surface area contributed by atoms with Crippen molar-refractivity contribution in [3.05, 3.63) is 22.8 Å². The number of nitrogens with one attached hydrogen (secondary N) is 2. The Balaban J connectivity index is 1.60. The van der Waals surface area contributed by atoms with Crippen molar-refractivity contribution in [2.24, 2.45) is 0 Å². The number of hydrogen-bond acceptors (Lipinski definition) is 4. The second-order valence-corrected chi connectivity index (χ2v) is 5.02. The number of ether oxygens (including phenoxy) is 1. The highest BCUT2D eigenvalue weighted by Gasteiger charge is 2.12. The van der Waals surface area contributed by atoms with Crippen LogP contribution in [0.2, 0.25) is 0 Å². The Kier molecular flexibility index (Phi) is 5.22. The topological polar surface area (TPSA) is 46.2 Å². The van der Waals surface area contributed by atoms with Crippen LogP contribution in [0.3, 0.4) is 0 Å². The lowest BCUT2D eigenvalue weighted by atomic mass is 10.1. The quantitative estimate of drug-likeness (QED) is 0.817. The summed E-state index contributed by atoms with van der Waals surface area (Å²) in [5.41, 5.74) is 0. The molecule has 0 atom stereocenters. The number of nitrogens with zero attached hydrogens (tertiary/aromatic N) is 1. The van der Waals surface area contributed by atoms with Gasteiger partial charge in [0, 0.05) is 17.2 Å². The molecule has 0 bridgehead atoms. The Morgan fingerprint density at radius 2 is 2.24 bits per heavy atom. The third-order valence-electron chi connectivity index (χ3n) is 2.78. The van der Waals surface area contributed by atoms with E-state index in [9.17, 15) is 0 Å². The molecule has 94 valence electrons. The summed E-state index contributed by atoms with van der Waals surface area (Å²) in [6, 6.07) is 3.93. The monoisotopic (exact) mass is 299 g/mol. The van der Waals surface area contributed by atoms with Gasteiger partial charge in [-0.3, -0.25) is 0 Å². The van der Waals surface area contributed by atoms with Crippen LogP contribution in [0, 0.1) is 0 Å². The molecule has 2 rings (SSSR count). The Labute approximate surface area is 110 Å². The molecule has 2 N–H and O–H groups in total. The fourth-order valence-corrected chi connectivity index (χ4v) is 2.08. The molecular formula is C12H18BrN3O. The minimum atomic E-state index is 0.427. The molecule has 4 nitrogen and oxygen atoms in total. The average Bonchev–Trinajstić information content (AvgIpc) is 2.38. The van der Waals surface area contributed by atoms with Gasteiger partial charge in [-0.25, -0.2) is 4.98 Å². The normalized spacial score (nSPS) is 17.0. The van der Waals surface area contributed by atoms with E-state index >= 15 is 0 Å². The summed E-state index contributed by atoms with van der Waals surface area (Å²) in [4.78, 5) is 4.24. The molecule has 0 saturated carbocycles. The molecule has 1 aliphatic heterocycles. The fourth-order valence-electron chi connectivity index (χ4n) is 1.85. The first-order valence-corrected chi connectivity index (χ1v) is 6.81. The van der Waals surface area contributed by atoms with E-state index in [0.29, 0.717) is 6.10 Å². The zero-order valence-corrected chi connectivity index (χ0v) is 11.4. The number of rotatable bonds is 5. The number of anilines is 1. The molecule has 0 radical (unpaired) electrons. The van der Waals surface area contributed by atoms with Gasteiger partial charge in [-0.15, -0.1) is 0 Å². The first-order valence-electron chi connectivity index (χ1n) is 6.02. The highest BCUT2D eigenvalue weighted by atomic mass is 79.9. The van der Waals surface area contributed by atoms with Gasteiger partial charge < -0.3 is 15.4 Å². The van der Waals surface area contributed by atoms with Gasteiger partial charge in [0.25, 0.3) is 0 Å². The number of pyridine rings is 1. The van der Waals surface area contributed by atoms with Gasteiger partial charge in [-0.1, -0.05) is 0 Å². The summed E-state index contributed by atoms with van der Waals surface area (Å²) in [7, 11) is 0. The predicted molar refractivity (Wildman–Crippen MR) is 72.3 cm³/mol. The van der Waals surface area contributed by atoms with E-state index in [-0.39, 0.29) is 0 Å². The molecule has 17 heavy (non-hydrogen) atoms. The summed E-state index contributed by atoms with van der Waals surface area (Å²) in [5.74, 6) is 0.891. The molecule has 2 heterocycles. The van der Waals surface area contributed by atoms with Crippen LogP contribution in [-0.2, 0) is 4.74 Å². The molecule has 0 aromatic carbocycles. The van der Waals surface area contributed by atoms with Gasteiger partial charge in [-0.05, 0) is 54.0 Å². The highest BCUT2D eigenvalue weighted by molar-refractivity contribution is 9.10. The van der Waals surface area contributed by atoms with E-state index in [1.165, 1.54) is 0 Å². The van der Waals surface area contributed by atoms with Crippen LogP contribution in [-0.4, -0.2) is 37.3 Å². The average molecular weight is 300 g/mol. The minimum Gasteiger partial charge on any atom is -0.376 e. The molecule has 1 saturated heterocycles. The molecular weight excluding hydrogens is 282 g/mol. The maximum absolute atomic E-state index is 5.79. The number of piperidine rings is 1. The number of hydrogen-bond donors (Lipinski definition) is 2. The summed E-state index contributed by atoms with van der Waals surface area (Å²) >= 11 is 3.36. The van der Waals surface area contributed by atoms with Crippen molar-refractivity contribution >= 4 is 21.7 Å². The van der Waals surface area contributed by atoms with Crippen LogP contribution in [0.1, 0.15) is 12.8 Å². The fraction of sp³-hybridized carbons (Fsp3) is 0.583. The molecule has 1 aromatic heterocycles. The van der Waals surface area contributed by atoms with Crippen LogP contribution in [0.25, 0.3) is 0 Å². The van der Waals surface area contributed by atoms with Crippen LogP contribution >= 0.6 is 15.9 Å². The van der Waals surface area contributed by atoms with Gasteiger partial charge in [0.05, 0.1) is 12.7 Å². The second kappa shape index (κ2) is 6.93. The number of halogens is 1. The van der Waals surface area contributed by atoms with Crippen molar-refractivity contribution in [3.63, 3.8) is 0 Å². The van der Waals surface area contributed by atoms with Crippen LogP contribution in [0.4, 0.5) is 5.82 Å².